The van der Waals surface area contributed by atoms with Crippen LogP contribution in [0, 0.1) is 13.8 Å². The van der Waals surface area contributed by atoms with Crippen LogP contribution in [0.5, 0.6) is 11.5 Å². The maximum absolute atomic E-state index is 12.5. The second kappa shape index (κ2) is 10.8. The summed E-state index contributed by atoms with van der Waals surface area (Å²) >= 11 is 8.32. The first kappa shape index (κ1) is 24.6. The lowest BCUT2D eigenvalue weighted by molar-refractivity contribution is -0.115. The van der Waals surface area contributed by atoms with Crippen molar-refractivity contribution in [2.45, 2.75) is 20.5 Å². The van der Waals surface area contributed by atoms with E-state index in [1.54, 1.807) is 7.11 Å². The third kappa shape index (κ3) is 5.92. The summed E-state index contributed by atoms with van der Waals surface area (Å²) in [6.45, 7) is 4.47. The van der Waals surface area contributed by atoms with Gasteiger partial charge in [0.2, 0.25) is 0 Å². The number of benzene rings is 3. The van der Waals surface area contributed by atoms with Crippen molar-refractivity contribution in [2.24, 2.45) is 4.99 Å². The summed E-state index contributed by atoms with van der Waals surface area (Å²) in [7, 11) is 1.60. The van der Waals surface area contributed by atoms with Crippen molar-refractivity contribution in [1.82, 2.24) is 5.32 Å². The van der Waals surface area contributed by atoms with E-state index >= 15 is 0 Å². The second-order valence-corrected chi connectivity index (χ2v) is 10.4. The van der Waals surface area contributed by atoms with Crippen molar-refractivity contribution < 1.29 is 14.3 Å². The number of methoxy groups -OCH3 is 1. The number of amidine groups is 1. The molecule has 1 amide bonds. The van der Waals surface area contributed by atoms with Crippen LogP contribution in [0.15, 0.2) is 73.4 Å². The van der Waals surface area contributed by atoms with E-state index in [9.17, 15) is 4.79 Å². The quantitative estimate of drug-likeness (QED) is 0.301. The molecule has 174 valence electrons. The highest BCUT2D eigenvalue weighted by Gasteiger charge is 2.24. The maximum Gasteiger partial charge on any atom is 0.264 e. The Morgan fingerprint density at radius 1 is 1.00 bits per heavy atom. The fraction of sp³-hybridized carbons (Fsp3) is 0.154. The summed E-state index contributed by atoms with van der Waals surface area (Å²) in [4.78, 5) is 17.7. The van der Waals surface area contributed by atoms with E-state index in [4.69, 9.17) is 9.47 Å². The molecular weight excluding hydrogens is 580 g/mol. The van der Waals surface area contributed by atoms with Gasteiger partial charge in [-0.3, -0.25) is 4.79 Å². The zero-order valence-corrected chi connectivity index (χ0v) is 22.8. The number of rotatable bonds is 6. The molecule has 5 nitrogen and oxygen atoms in total. The molecule has 1 heterocycles. The minimum Gasteiger partial charge on any atom is -0.493 e. The lowest BCUT2D eigenvalue weighted by atomic mass is 10.1. The van der Waals surface area contributed by atoms with Gasteiger partial charge >= 0.3 is 0 Å². The van der Waals surface area contributed by atoms with Gasteiger partial charge in [-0.25, -0.2) is 4.99 Å². The maximum atomic E-state index is 12.5. The molecule has 1 aliphatic rings. The number of thioether (sulfide) groups is 1. The van der Waals surface area contributed by atoms with Crippen molar-refractivity contribution in [2.75, 3.05) is 7.11 Å². The number of carbonyl (C=O) groups excluding carboxylic acids is 1. The van der Waals surface area contributed by atoms with Gasteiger partial charge in [0.1, 0.15) is 6.61 Å². The van der Waals surface area contributed by atoms with E-state index < -0.39 is 0 Å². The van der Waals surface area contributed by atoms with Gasteiger partial charge in [0, 0.05) is 8.95 Å². The first-order chi connectivity index (χ1) is 16.3. The molecule has 0 atom stereocenters. The number of hydrogen-bond acceptors (Lipinski definition) is 5. The predicted octanol–water partition coefficient (Wildman–Crippen LogP) is 7.31. The molecule has 1 aliphatic heterocycles. The number of ether oxygens (including phenoxy) is 2. The Labute approximate surface area is 219 Å². The van der Waals surface area contributed by atoms with Crippen molar-refractivity contribution in [3.05, 3.63) is 90.7 Å². The Hall–Kier alpha value is -2.55. The van der Waals surface area contributed by atoms with Gasteiger partial charge in [-0.1, -0.05) is 50.1 Å². The van der Waals surface area contributed by atoms with Crippen LogP contribution in [0.25, 0.3) is 6.08 Å². The van der Waals surface area contributed by atoms with Gasteiger partial charge in [-0.05, 0) is 90.3 Å². The SMILES string of the molecule is COc1cc(/C=C2\SC(=Nc3cc(C)c(Br)c(C)c3)NC2=O)ccc1OCc1ccc(Br)cc1. The molecule has 1 saturated heterocycles. The Morgan fingerprint density at radius 3 is 2.38 bits per heavy atom. The summed E-state index contributed by atoms with van der Waals surface area (Å²) in [5.41, 5.74) is 4.88. The van der Waals surface area contributed by atoms with E-state index in [0.29, 0.717) is 28.2 Å². The fourth-order valence-corrected chi connectivity index (χ4v) is 4.71. The van der Waals surface area contributed by atoms with Crippen LogP contribution in [-0.4, -0.2) is 18.2 Å². The largest absolute Gasteiger partial charge is 0.493 e. The average molecular weight is 602 g/mol. The standard InChI is InChI=1S/C26H22Br2N2O3S/c1-15-10-20(11-16(2)24(15)28)29-26-30-25(31)23(34-26)13-18-6-9-21(22(12-18)32-3)33-14-17-4-7-19(27)8-5-17/h4-13H,14H2,1-3H3,(H,29,30,31)/b23-13-. The fourth-order valence-electron chi connectivity index (χ4n) is 3.37. The molecule has 0 aliphatic carbocycles. The number of amides is 1. The minimum atomic E-state index is -0.177. The van der Waals surface area contributed by atoms with E-state index in [0.717, 1.165) is 36.9 Å². The number of hydrogen-bond donors (Lipinski definition) is 1. The van der Waals surface area contributed by atoms with Gasteiger partial charge in [0.05, 0.1) is 17.7 Å². The van der Waals surface area contributed by atoms with Gasteiger partial charge < -0.3 is 14.8 Å². The van der Waals surface area contributed by atoms with Crippen LogP contribution >= 0.6 is 43.6 Å². The normalized spacial score (nSPS) is 15.6. The molecule has 0 unspecified atom stereocenters. The van der Waals surface area contributed by atoms with Crippen molar-refractivity contribution in [3.8, 4) is 11.5 Å². The summed E-state index contributed by atoms with van der Waals surface area (Å²) in [5, 5.41) is 3.40. The summed E-state index contributed by atoms with van der Waals surface area (Å²) in [6.07, 6.45) is 1.82. The number of nitrogens with one attached hydrogen (secondary N) is 1. The van der Waals surface area contributed by atoms with E-state index in [2.05, 4.69) is 42.2 Å². The van der Waals surface area contributed by atoms with Crippen LogP contribution in [-0.2, 0) is 11.4 Å². The Morgan fingerprint density at radius 2 is 1.71 bits per heavy atom. The minimum absolute atomic E-state index is 0.177. The zero-order valence-electron chi connectivity index (χ0n) is 18.8. The van der Waals surface area contributed by atoms with Gasteiger partial charge in [-0.15, -0.1) is 0 Å². The number of carbonyl (C=O) groups is 1. The Kier molecular flexibility index (Phi) is 7.80. The molecular formula is C26H22Br2N2O3S. The molecule has 34 heavy (non-hydrogen) atoms. The lowest BCUT2D eigenvalue weighted by Crippen LogP contribution is -2.19. The summed E-state index contributed by atoms with van der Waals surface area (Å²) < 4.78 is 13.6. The van der Waals surface area contributed by atoms with Gasteiger partial charge in [-0.2, -0.15) is 0 Å². The molecule has 8 heteroatoms. The van der Waals surface area contributed by atoms with Crippen molar-refractivity contribution >= 4 is 66.5 Å². The van der Waals surface area contributed by atoms with Crippen molar-refractivity contribution in [3.63, 3.8) is 0 Å². The molecule has 0 saturated carbocycles. The molecule has 0 spiro atoms. The number of aryl methyl sites for hydroxylation is 2. The van der Waals surface area contributed by atoms with Crippen molar-refractivity contribution in [1.29, 1.82) is 0 Å². The molecule has 4 rings (SSSR count). The Bertz CT molecular complexity index is 1280. The average Bonchev–Trinajstić information content (AvgIpc) is 3.15. The smallest absolute Gasteiger partial charge is 0.264 e. The van der Waals surface area contributed by atoms with Crippen LogP contribution < -0.4 is 14.8 Å². The number of aliphatic imine (C=N–C) groups is 1. The molecule has 1 N–H and O–H groups in total. The van der Waals surface area contributed by atoms with E-state index in [1.165, 1.54) is 11.8 Å². The summed E-state index contributed by atoms with van der Waals surface area (Å²) in [6, 6.07) is 17.5. The Balaban J connectivity index is 1.49. The molecule has 0 radical (unpaired) electrons. The topological polar surface area (TPSA) is 59.9 Å². The number of nitrogens with zero attached hydrogens (tertiary/aromatic N) is 1. The molecule has 3 aromatic carbocycles. The zero-order chi connectivity index (χ0) is 24.2. The highest BCUT2D eigenvalue weighted by Crippen LogP contribution is 2.33. The monoisotopic (exact) mass is 600 g/mol. The van der Waals surface area contributed by atoms with E-state index in [1.807, 2.05) is 74.5 Å². The highest BCUT2D eigenvalue weighted by molar-refractivity contribution is 9.10. The summed E-state index contributed by atoms with van der Waals surface area (Å²) in [5.74, 6) is 1.06. The molecule has 3 aromatic rings. The third-order valence-electron chi connectivity index (χ3n) is 5.10. The molecule has 0 bridgehead atoms. The van der Waals surface area contributed by atoms with Crippen LogP contribution in [0.3, 0.4) is 0 Å². The van der Waals surface area contributed by atoms with Crippen LogP contribution in [0.1, 0.15) is 22.3 Å². The van der Waals surface area contributed by atoms with E-state index in [-0.39, 0.29) is 5.91 Å². The van der Waals surface area contributed by atoms with Crippen LogP contribution in [0.4, 0.5) is 5.69 Å². The first-order valence-electron chi connectivity index (χ1n) is 10.4. The molecule has 0 aromatic heterocycles. The third-order valence-corrected chi connectivity index (χ3v) is 7.79. The second-order valence-electron chi connectivity index (χ2n) is 7.70. The van der Waals surface area contributed by atoms with Gasteiger partial charge in [0.25, 0.3) is 5.91 Å². The van der Waals surface area contributed by atoms with Gasteiger partial charge in [0.15, 0.2) is 16.7 Å². The van der Waals surface area contributed by atoms with Crippen LogP contribution in [0.2, 0.25) is 0 Å². The lowest BCUT2D eigenvalue weighted by Gasteiger charge is -2.11. The highest BCUT2D eigenvalue weighted by atomic mass is 79.9. The first-order valence-corrected chi connectivity index (χ1v) is 12.8. The molecule has 1 fully saturated rings. The number of halogens is 2. The predicted molar refractivity (Wildman–Crippen MR) is 146 cm³/mol.